The monoisotopic (exact) mass is 242 g/mol. The Bertz CT molecular complexity index is 221. The van der Waals surface area contributed by atoms with Gasteiger partial charge < -0.3 is 15.3 Å². The van der Waals surface area contributed by atoms with Crippen LogP contribution >= 0.6 is 0 Å². The van der Waals surface area contributed by atoms with Gasteiger partial charge in [0.1, 0.15) is 0 Å². The van der Waals surface area contributed by atoms with Crippen molar-refractivity contribution in [3.05, 3.63) is 0 Å². The Morgan fingerprint density at radius 3 is 2.35 bits per heavy atom. The Kier molecular flexibility index (Phi) is 6.52. The lowest BCUT2D eigenvalue weighted by Crippen LogP contribution is -2.38. The molecule has 1 rings (SSSR count). The van der Waals surface area contributed by atoms with E-state index in [1.165, 1.54) is 0 Å². The topological polar surface area (TPSA) is 52.6 Å². The Balaban J connectivity index is 2.13. The molecule has 1 fully saturated rings. The summed E-state index contributed by atoms with van der Waals surface area (Å²) in [6.07, 6.45) is 4.32. The summed E-state index contributed by atoms with van der Waals surface area (Å²) < 4.78 is 0. The first-order chi connectivity index (χ1) is 8.17. The molecule has 0 aromatic heterocycles. The van der Waals surface area contributed by atoms with Crippen LogP contribution in [0.4, 0.5) is 0 Å². The number of amides is 1. The molecule has 0 atom stereocenters. The van der Waals surface area contributed by atoms with Crippen molar-refractivity contribution >= 4 is 5.91 Å². The third-order valence-electron chi connectivity index (χ3n) is 3.58. The SMILES string of the molecule is CCN(CC)C(=O)CCNC1CCC(O)CC1. The van der Waals surface area contributed by atoms with E-state index in [2.05, 4.69) is 5.32 Å². The minimum atomic E-state index is -0.106. The number of carbonyl (C=O) groups excluding carboxylic acids is 1. The molecule has 2 N–H and O–H groups in total. The summed E-state index contributed by atoms with van der Waals surface area (Å²) >= 11 is 0. The minimum Gasteiger partial charge on any atom is -0.393 e. The van der Waals surface area contributed by atoms with Gasteiger partial charge in [0.15, 0.2) is 0 Å². The third-order valence-corrected chi connectivity index (χ3v) is 3.58. The molecular formula is C13H26N2O2. The highest BCUT2D eigenvalue weighted by molar-refractivity contribution is 5.76. The molecule has 0 aromatic carbocycles. The van der Waals surface area contributed by atoms with Crippen LogP contribution in [0.3, 0.4) is 0 Å². The first-order valence-electron chi connectivity index (χ1n) is 6.86. The molecule has 0 radical (unpaired) electrons. The van der Waals surface area contributed by atoms with Crippen molar-refractivity contribution in [2.24, 2.45) is 0 Å². The van der Waals surface area contributed by atoms with Gasteiger partial charge in [-0.05, 0) is 39.5 Å². The van der Waals surface area contributed by atoms with E-state index in [9.17, 15) is 9.90 Å². The van der Waals surface area contributed by atoms with Crippen molar-refractivity contribution in [3.63, 3.8) is 0 Å². The lowest BCUT2D eigenvalue weighted by molar-refractivity contribution is -0.130. The lowest BCUT2D eigenvalue weighted by Gasteiger charge is -2.26. The number of carbonyl (C=O) groups is 1. The van der Waals surface area contributed by atoms with Crippen molar-refractivity contribution in [1.82, 2.24) is 10.2 Å². The quantitative estimate of drug-likeness (QED) is 0.734. The molecule has 0 saturated heterocycles. The van der Waals surface area contributed by atoms with E-state index in [-0.39, 0.29) is 12.0 Å². The number of aliphatic hydroxyl groups excluding tert-OH is 1. The van der Waals surface area contributed by atoms with Crippen LogP contribution < -0.4 is 5.32 Å². The summed E-state index contributed by atoms with van der Waals surface area (Å²) in [6.45, 7) is 6.38. The smallest absolute Gasteiger partial charge is 0.223 e. The first-order valence-corrected chi connectivity index (χ1v) is 6.86. The van der Waals surface area contributed by atoms with Gasteiger partial charge in [0.05, 0.1) is 6.10 Å². The zero-order valence-electron chi connectivity index (χ0n) is 11.1. The fraction of sp³-hybridized carbons (Fsp3) is 0.923. The standard InChI is InChI=1S/C13H26N2O2/c1-3-15(4-2)13(17)9-10-14-11-5-7-12(16)8-6-11/h11-12,14,16H,3-10H2,1-2H3. The average molecular weight is 242 g/mol. The van der Waals surface area contributed by atoms with E-state index < -0.39 is 0 Å². The van der Waals surface area contributed by atoms with Crippen LogP contribution in [-0.4, -0.2) is 47.7 Å². The first kappa shape index (κ1) is 14.5. The maximum absolute atomic E-state index is 11.7. The van der Waals surface area contributed by atoms with Crippen LogP contribution in [0, 0.1) is 0 Å². The van der Waals surface area contributed by atoms with Gasteiger partial charge >= 0.3 is 0 Å². The van der Waals surface area contributed by atoms with Crippen molar-refractivity contribution in [1.29, 1.82) is 0 Å². The van der Waals surface area contributed by atoms with Crippen LogP contribution in [0.5, 0.6) is 0 Å². The molecule has 0 unspecified atom stereocenters. The number of rotatable bonds is 6. The van der Waals surface area contributed by atoms with Gasteiger partial charge in [-0.25, -0.2) is 0 Å². The van der Waals surface area contributed by atoms with E-state index in [4.69, 9.17) is 0 Å². The van der Waals surface area contributed by atoms with E-state index in [0.29, 0.717) is 12.5 Å². The number of hydrogen-bond acceptors (Lipinski definition) is 3. The van der Waals surface area contributed by atoms with Gasteiger partial charge in [0.2, 0.25) is 5.91 Å². The molecule has 100 valence electrons. The summed E-state index contributed by atoms with van der Waals surface area (Å²) in [5, 5.41) is 12.8. The minimum absolute atomic E-state index is 0.106. The predicted octanol–water partition coefficient (Wildman–Crippen LogP) is 1.14. The van der Waals surface area contributed by atoms with Gasteiger partial charge in [-0.15, -0.1) is 0 Å². The van der Waals surface area contributed by atoms with E-state index in [1.54, 1.807) is 0 Å². The molecule has 1 amide bonds. The fourth-order valence-electron chi connectivity index (χ4n) is 2.40. The summed E-state index contributed by atoms with van der Waals surface area (Å²) in [7, 11) is 0. The molecule has 4 heteroatoms. The van der Waals surface area contributed by atoms with Gasteiger partial charge in [-0.2, -0.15) is 0 Å². The average Bonchev–Trinajstić information content (AvgIpc) is 2.33. The molecular weight excluding hydrogens is 216 g/mol. The second-order valence-corrected chi connectivity index (χ2v) is 4.78. The molecule has 0 spiro atoms. The molecule has 0 bridgehead atoms. The Morgan fingerprint density at radius 2 is 1.82 bits per heavy atom. The van der Waals surface area contributed by atoms with Crippen LogP contribution in [0.15, 0.2) is 0 Å². The van der Waals surface area contributed by atoms with Crippen LogP contribution in [0.2, 0.25) is 0 Å². The summed E-state index contributed by atoms with van der Waals surface area (Å²) in [5.41, 5.74) is 0. The molecule has 17 heavy (non-hydrogen) atoms. The summed E-state index contributed by atoms with van der Waals surface area (Å²) in [5.74, 6) is 0.235. The molecule has 1 saturated carbocycles. The Morgan fingerprint density at radius 1 is 1.24 bits per heavy atom. The molecule has 1 aliphatic rings. The summed E-state index contributed by atoms with van der Waals surface area (Å²) in [4.78, 5) is 13.6. The van der Waals surface area contributed by atoms with Crippen molar-refractivity contribution in [3.8, 4) is 0 Å². The molecule has 0 aromatic rings. The van der Waals surface area contributed by atoms with E-state index >= 15 is 0 Å². The van der Waals surface area contributed by atoms with Crippen LogP contribution in [-0.2, 0) is 4.79 Å². The maximum atomic E-state index is 11.7. The number of aliphatic hydroxyl groups is 1. The van der Waals surface area contributed by atoms with Gasteiger partial charge in [0.25, 0.3) is 0 Å². The highest BCUT2D eigenvalue weighted by Crippen LogP contribution is 2.18. The summed E-state index contributed by atoms with van der Waals surface area (Å²) in [6, 6.07) is 0.489. The van der Waals surface area contributed by atoms with Crippen molar-refractivity contribution < 1.29 is 9.90 Å². The largest absolute Gasteiger partial charge is 0.393 e. The maximum Gasteiger partial charge on any atom is 0.223 e. The second-order valence-electron chi connectivity index (χ2n) is 4.78. The lowest BCUT2D eigenvalue weighted by atomic mass is 9.93. The zero-order chi connectivity index (χ0) is 12.7. The van der Waals surface area contributed by atoms with E-state index in [0.717, 1.165) is 45.3 Å². The Hall–Kier alpha value is -0.610. The van der Waals surface area contributed by atoms with Crippen molar-refractivity contribution in [2.75, 3.05) is 19.6 Å². The van der Waals surface area contributed by atoms with Gasteiger partial charge in [0, 0.05) is 32.1 Å². The van der Waals surface area contributed by atoms with Crippen LogP contribution in [0.25, 0.3) is 0 Å². The highest BCUT2D eigenvalue weighted by Gasteiger charge is 2.19. The Labute approximate surface area is 104 Å². The number of nitrogens with zero attached hydrogens (tertiary/aromatic N) is 1. The fourth-order valence-corrected chi connectivity index (χ4v) is 2.40. The third kappa shape index (κ3) is 5.04. The van der Waals surface area contributed by atoms with Crippen LogP contribution in [0.1, 0.15) is 46.0 Å². The number of hydrogen-bond donors (Lipinski definition) is 2. The molecule has 0 aliphatic heterocycles. The predicted molar refractivity (Wildman–Crippen MR) is 68.8 cm³/mol. The highest BCUT2D eigenvalue weighted by atomic mass is 16.3. The van der Waals surface area contributed by atoms with Gasteiger partial charge in [-0.3, -0.25) is 4.79 Å². The molecule has 4 nitrogen and oxygen atoms in total. The zero-order valence-corrected chi connectivity index (χ0v) is 11.1. The normalized spacial score (nSPS) is 24.6. The number of nitrogens with one attached hydrogen (secondary N) is 1. The van der Waals surface area contributed by atoms with Crippen molar-refractivity contribution in [2.45, 2.75) is 58.1 Å². The van der Waals surface area contributed by atoms with Gasteiger partial charge in [-0.1, -0.05) is 0 Å². The van der Waals surface area contributed by atoms with E-state index in [1.807, 2.05) is 18.7 Å². The molecule has 0 heterocycles. The second kappa shape index (κ2) is 7.67. The molecule has 1 aliphatic carbocycles.